The number of aliphatic hydroxyl groups is 1. The molecule has 0 aliphatic carbocycles. The zero-order chi connectivity index (χ0) is 6.69. The average Bonchev–Trinajstić information content (AvgIpc) is 1.90. The monoisotopic (exact) mass is 127 g/mol. The summed E-state index contributed by atoms with van der Waals surface area (Å²) in [6.07, 6.45) is 3.63. The van der Waals surface area contributed by atoms with Crippen molar-refractivity contribution in [3.63, 3.8) is 0 Å². The van der Waals surface area contributed by atoms with Crippen LogP contribution in [-0.4, -0.2) is 29.1 Å². The summed E-state index contributed by atoms with van der Waals surface area (Å²) in [6, 6.07) is 0. The van der Waals surface area contributed by atoms with Crippen LogP contribution in [-0.2, 0) is 4.79 Å². The van der Waals surface area contributed by atoms with E-state index in [0.717, 1.165) is 0 Å². The van der Waals surface area contributed by atoms with Gasteiger partial charge in [-0.15, -0.1) is 0 Å². The third-order valence-corrected chi connectivity index (χ3v) is 1.30. The second kappa shape index (κ2) is 2.64. The number of hydrogen-bond acceptors (Lipinski definition) is 3. The SMILES string of the molecule is O=C1C=CN(CO)CC1. The van der Waals surface area contributed by atoms with Gasteiger partial charge in [0.25, 0.3) is 0 Å². The highest BCUT2D eigenvalue weighted by Gasteiger charge is 2.06. The Morgan fingerprint density at radius 2 is 2.56 bits per heavy atom. The highest BCUT2D eigenvalue weighted by molar-refractivity contribution is 5.90. The molecule has 1 aliphatic heterocycles. The maximum atomic E-state index is 10.5. The van der Waals surface area contributed by atoms with Crippen molar-refractivity contribution in [3.8, 4) is 0 Å². The molecule has 0 saturated heterocycles. The number of rotatable bonds is 1. The van der Waals surface area contributed by atoms with Gasteiger partial charge < -0.3 is 10.0 Å². The molecule has 0 aromatic carbocycles. The van der Waals surface area contributed by atoms with Gasteiger partial charge in [-0.2, -0.15) is 0 Å². The number of nitrogens with zero attached hydrogens (tertiary/aromatic N) is 1. The molecule has 0 spiro atoms. The van der Waals surface area contributed by atoms with Crippen LogP contribution in [0.15, 0.2) is 12.3 Å². The molecule has 0 atom stereocenters. The van der Waals surface area contributed by atoms with Crippen molar-refractivity contribution in [2.75, 3.05) is 13.3 Å². The van der Waals surface area contributed by atoms with Crippen LogP contribution in [0.1, 0.15) is 6.42 Å². The summed E-state index contributed by atoms with van der Waals surface area (Å²) in [5.74, 6) is 0.139. The van der Waals surface area contributed by atoms with Crippen molar-refractivity contribution in [2.24, 2.45) is 0 Å². The first-order valence-electron chi connectivity index (χ1n) is 2.89. The molecule has 0 radical (unpaired) electrons. The van der Waals surface area contributed by atoms with E-state index in [-0.39, 0.29) is 12.5 Å². The molecule has 3 heteroatoms. The summed E-state index contributed by atoms with van der Waals surface area (Å²) in [4.78, 5) is 12.2. The Morgan fingerprint density at radius 1 is 1.78 bits per heavy atom. The van der Waals surface area contributed by atoms with Crippen molar-refractivity contribution < 1.29 is 9.90 Å². The number of hydrogen-bond donors (Lipinski definition) is 1. The van der Waals surface area contributed by atoms with Gasteiger partial charge in [-0.25, -0.2) is 0 Å². The van der Waals surface area contributed by atoms with Gasteiger partial charge in [0.15, 0.2) is 5.78 Å². The van der Waals surface area contributed by atoms with Gasteiger partial charge in [0.2, 0.25) is 0 Å². The summed E-state index contributed by atoms with van der Waals surface area (Å²) >= 11 is 0. The Bertz CT molecular complexity index is 142. The number of carbonyl (C=O) groups is 1. The molecule has 0 aromatic heterocycles. The van der Waals surface area contributed by atoms with Gasteiger partial charge in [-0.05, 0) is 6.08 Å². The van der Waals surface area contributed by atoms with E-state index in [1.807, 2.05) is 0 Å². The number of ketones is 1. The van der Waals surface area contributed by atoms with Crippen LogP contribution in [0.3, 0.4) is 0 Å². The molecule has 3 nitrogen and oxygen atoms in total. The summed E-state index contributed by atoms with van der Waals surface area (Å²) in [7, 11) is 0. The van der Waals surface area contributed by atoms with Crippen molar-refractivity contribution >= 4 is 5.78 Å². The number of aliphatic hydroxyl groups excluding tert-OH is 1. The lowest BCUT2D eigenvalue weighted by molar-refractivity contribution is -0.115. The van der Waals surface area contributed by atoms with E-state index < -0.39 is 0 Å². The second-order valence-corrected chi connectivity index (χ2v) is 1.99. The first-order chi connectivity index (χ1) is 4.33. The van der Waals surface area contributed by atoms with Crippen molar-refractivity contribution in [3.05, 3.63) is 12.3 Å². The van der Waals surface area contributed by atoms with E-state index in [4.69, 9.17) is 5.11 Å². The Kier molecular flexibility index (Phi) is 1.85. The van der Waals surface area contributed by atoms with Crippen molar-refractivity contribution in [1.29, 1.82) is 0 Å². The van der Waals surface area contributed by atoms with Gasteiger partial charge in [0, 0.05) is 19.2 Å². The maximum Gasteiger partial charge on any atom is 0.158 e. The summed E-state index contributed by atoms with van der Waals surface area (Å²) in [5, 5.41) is 8.54. The van der Waals surface area contributed by atoms with Crippen LogP contribution < -0.4 is 0 Å². The van der Waals surface area contributed by atoms with E-state index >= 15 is 0 Å². The lowest BCUT2D eigenvalue weighted by Gasteiger charge is -2.18. The minimum absolute atomic E-state index is 0.00375. The van der Waals surface area contributed by atoms with E-state index in [1.165, 1.54) is 6.08 Å². The molecule has 0 fully saturated rings. The van der Waals surface area contributed by atoms with Crippen LogP contribution in [0, 0.1) is 0 Å². The van der Waals surface area contributed by atoms with Gasteiger partial charge in [0.1, 0.15) is 6.73 Å². The van der Waals surface area contributed by atoms with E-state index in [9.17, 15) is 4.79 Å². The quantitative estimate of drug-likeness (QED) is 0.527. The average molecular weight is 127 g/mol. The van der Waals surface area contributed by atoms with Crippen LogP contribution >= 0.6 is 0 Å². The molecule has 1 rings (SSSR count). The minimum Gasteiger partial charge on any atom is -0.376 e. The number of allylic oxidation sites excluding steroid dienone is 1. The molecule has 0 unspecified atom stereocenters. The molecule has 1 N–H and O–H groups in total. The number of carbonyl (C=O) groups excluding carboxylic acids is 1. The maximum absolute atomic E-state index is 10.5. The van der Waals surface area contributed by atoms with Gasteiger partial charge in [-0.1, -0.05) is 0 Å². The fraction of sp³-hybridized carbons (Fsp3) is 0.500. The van der Waals surface area contributed by atoms with Crippen LogP contribution in [0.25, 0.3) is 0 Å². The standard InChI is InChI=1S/C6H9NO2/c8-5-7-3-1-6(9)2-4-7/h1,3,8H,2,4-5H2. The first-order valence-corrected chi connectivity index (χ1v) is 2.89. The van der Waals surface area contributed by atoms with Crippen LogP contribution in [0.2, 0.25) is 0 Å². The van der Waals surface area contributed by atoms with Crippen molar-refractivity contribution in [1.82, 2.24) is 4.90 Å². The zero-order valence-corrected chi connectivity index (χ0v) is 5.08. The van der Waals surface area contributed by atoms with Gasteiger partial charge in [-0.3, -0.25) is 4.79 Å². The fourth-order valence-corrected chi connectivity index (χ4v) is 0.718. The normalized spacial score (nSPS) is 18.8. The molecule has 0 aromatic rings. The molecule has 9 heavy (non-hydrogen) atoms. The summed E-state index contributed by atoms with van der Waals surface area (Å²) < 4.78 is 0. The van der Waals surface area contributed by atoms with Crippen LogP contribution in [0.4, 0.5) is 0 Å². The molecule has 0 saturated carbocycles. The predicted octanol–water partition coefficient (Wildman–Crippen LogP) is -0.275. The minimum atomic E-state index is 0.00375. The smallest absolute Gasteiger partial charge is 0.158 e. The zero-order valence-electron chi connectivity index (χ0n) is 5.08. The molecule has 50 valence electrons. The summed E-state index contributed by atoms with van der Waals surface area (Å²) in [5.41, 5.74) is 0. The molecular weight excluding hydrogens is 118 g/mol. The van der Waals surface area contributed by atoms with Crippen LogP contribution in [0.5, 0.6) is 0 Å². The lowest BCUT2D eigenvalue weighted by atomic mass is 10.2. The highest BCUT2D eigenvalue weighted by atomic mass is 16.3. The fourth-order valence-electron chi connectivity index (χ4n) is 0.718. The second-order valence-electron chi connectivity index (χ2n) is 1.99. The topological polar surface area (TPSA) is 40.5 Å². The molecule has 0 bridgehead atoms. The first kappa shape index (κ1) is 6.29. The molecule has 1 heterocycles. The van der Waals surface area contributed by atoms with E-state index in [0.29, 0.717) is 13.0 Å². The third kappa shape index (κ3) is 1.54. The predicted molar refractivity (Wildman–Crippen MR) is 32.6 cm³/mol. The highest BCUT2D eigenvalue weighted by Crippen LogP contribution is 1.99. The Balaban J connectivity index is 2.48. The lowest BCUT2D eigenvalue weighted by Crippen LogP contribution is -2.25. The third-order valence-electron chi connectivity index (χ3n) is 1.30. The Hall–Kier alpha value is -0.830. The Labute approximate surface area is 53.6 Å². The molecule has 0 amide bonds. The van der Waals surface area contributed by atoms with E-state index in [2.05, 4.69) is 0 Å². The van der Waals surface area contributed by atoms with E-state index in [1.54, 1.807) is 11.1 Å². The van der Waals surface area contributed by atoms with Gasteiger partial charge >= 0.3 is 0 Å². The molecule has 1 aliphatic rings. The van der Waals surface area contributed by atoms with Gasteiger partial charge in [0.05, 0.1) is 0 Å². The Morgan fingerprint density at radius 3 is 3.00 bits per heavy atom. The van der Waals surface area contributed by atoms with Crippen molar-refractivity contribution in [2.45, 2.75) is 6.42 Å². The molecular formula is C6H9NO2. The summed E-state index contributed by atoms with van der Waals surface area (Å²) in [6.45, 7) is 0.648. The largest absolute Gasteiger partial charge is 0.376 e.